The fraction of sp³-hybridized carbons (Fsp3) is 0.286. The Morgan fingerprint density at radius 2 is 1.56 bits per heavy atom. The molecule has 0 saturated carbocycles. The second-order valence-corrected chi connectivity index (χ2v) is 9.80. The minimum absolute atomic E-state index is 0.0214. The summed E-state index contributed by atoms with van der Waals surface area (Å²) in [4.78, 5) is 24.1. The van der Waals surface area contributed by atoms with E-state index in [1.165, 1.54) is 22.5 Å². The van der Waals surface area contributed by atoms with Gasteiger partial charge in [-0.1, -0.05) is 74.0 Å². The Balaban J connectivity index is 1.34. The third-order valence-corrected chi connectivity index (χ3v) is 7.65. The van der Waals surface area contributed by atoms with Crippen LogP contribution in [0.25, 0.3) is 10.2 Å². The number of aromatic nitrogens is 1. The first-order chi connectivity index (χ1) is 16.7. The number of hydrogen-bond acceptors (Lipinski definition) is 5. The molecule has 1 aliphatic rings. The lowest BCUT2D eigenvalue weighted by Crippen LogP contribution is -2.49. The van der Waals surface area contributed by atoms with Crippen LogP contribution in [0.2, 0.25) is 0 Å². The number of nitrogens with two attached hydrogens (primary N) is 1. The van der Waals surface area contributed by atoms with Crippen LogP contribution >= 0.6 is 11.3 Å². The van der Waals surface area contributed by atoms with Crippen LogP contribution in [0.15, 0.2) is 72.8 Å². The Morgan fingerprint density at radius 1 is 0.941 bits per heavy atom. The number of rotatable bonds is 6. The van der Waals surface area contributed by atoms with Gasteiger partial charge in [0.15, 0.2) is 0 Å². The van der Waals surface area contributed by atoms with Gasteiger partial charge in [0.2, 0.25) is 0 Å². The maximum Gasteiger partial charge on any atom is 0.266 e. The van der Waals surface area contributed by atoms with E-state index in [4.69, 9.17) is 10.7 Å². The number of nitrogen functional groups attached to an aromatic ring is 1. The lowest BCUT2D eigenvalue weighted by atomic mass is 9.96. The topological polar surface area (TPSA) is 62.5 Å². The summed E-state index contributed by atoms with van der Waals surface area (Å²) in [5.74, 6) is 0.0214. The summed E-state index contributed by atoms with van der Waals surface area (Å²) in [5.41, 5.74) is 10.6. The molecule has 2 aromatic carbocycles. The Morgan fingerprint density at radius 3 is 2.15 bits per heavy atom. The number of carbonyl (C=O) groups excluding carboxylic acids is 1. The molecular formula is C28H30N4OS. The van der Waals surface area contributed by atoms with Crippen LogP contribution in [0.5, 0.6) is 0 Å². The van der Waals surface area contributed by atoms with E-state index in [9.17, 15) is 4.79 Å². The van der Waals surface area contributed by atoms with Crippen molar-refractivity contribution in [2.45, 2.75) is 25.8 Å². The van der Waals surface area contributed by atoms with Gasteiger partial charge in [0.25, 0.3) is 5.91 Å². The summed E-state index contributed by atoms with van der Waals surface area (Å²) in [7, 11) is 0. The van der Waals surface area contributed by atoms with Gasteiger partial charge < -0.3 is 10.6 Å². The Hall–Kier alpha value is -3.22. The van der Waals surface area contributed by atoms with Crippen LogP contribution in [-0.4, -0.2) is 46.9 Å². The maximum atomic E-state index is 13.4. The van der Waals surface area contributed by atoms with Crippen LogP contribution < -0.4 is 5.73 Å². The van der Waals surface area contributed by atoms with Gasteiger partial charge >= 0.3 is 0 Å². The van der Waals surface area contributed by atoms with Gasteiger partial charge in [0.05, 0.1) is 11.7 Å². The first-order valence-corrected chi connectivity index (χ1v) is 12.8. The van der Waals surface area contributed by atoms with E-state index in [1.54, 1.807) is 0 Å². The third-order valence-electron chi connectivity index (χ3n) is 6.55. The molecule has 1 amide bonds. The van der Waals surface area contributed by atoms with Gasteiger partial charge in [-0.25, -0.2) is 4.98 Å². The Bertz CT molecular complexity index is 1220. The highest BCUT2D eigenvalue weighted by Gasteiger charge is 2.30. The standard InChI is InChI=1S/C28H30N4OS/c1-2-9-22-14-15-23-24(29)26(34-27(23)30-22)28(33)32-18-16-31(17-19-32)25(20-10-5-3-6-11-20)21-12-7-4-8-13-21/h3-8,10-15,25H,2,9,16-19,29H2,1H3. The highest BCUT2D eigenvalue weighted by Crippen LogP contribution is 2.35. The summed E-state index contributed by atoms with van der Waals surface area (Å²) < 4.78 is 0. The normalized spacial score (nSPS) is 14.7. The highest BCUT2D eigenvalue weighted by atomic mass is 32.1. The van der Waals surface area contributed by atoms with Crippen molar-refractivity contribution in [3.05, 3.63) is 94.5 Å². The first-order valence-electron chi connectivity index (χ1n) is 12.0. The van der Waals surface area contributed by atoms with Crippen LogP contribution in [0.4, 0.5) is 5.69 Å². The molecule has 174 valence electrons. The molecule has 0 radical (unpaired) electrons. The van der Waals surface area contributed by atoms with E-state index in [1.807, 2.05) is 17.0 Å². The number of nitrogens with zero attached hydrogens (tertiary/aromatic N) is 3. The lowest BCUT2D eigenvalue weighted by Gasteiger charge is -2.39. The summed E-state index contributed by atoms with van der Waals surface area (Å²) in [6.07, 6.45) is 1.98. The average Bonchev–Trinajstić information content (AvgIpc) is 3.21. The zero-order valence-corrected chi connectivity index (χ0v) is 20.3. The van der Waals surface area contributed by atoms with Crippen LogP contribution in [-0.2, 0) is 6.42 Å². The molecule has 0 spiro atoms. The van der Waals surface area contributed by atoms with Crippen LogP contribution in [0.3, 0.4) is 0 Å². The Labute approximate surface area is 204 Å². The first kappa shape index (κ1) is 22.6. The van der Waals surface area contributed by atoms with Crippen molar-refractivity contribution in [2.75, 3.05) is 31.9 Å². The summed E-state index contributed by atoms with van der Waals surface area (Å²) in [6, 6.07) is 25.4. The molecule has 1 aliphatic heterocycles. The van der Waals surface area contributed by atoms with Gasteiger partial charge in [0.1, 0.15) is 9.71 Å². The quantitative estimate of drug-likeness (QED) is 0.411. The monoisotopic (exact) mass is 470 g/mol. The molecule has 2 N–H and O–H groups in total. The fourth-order valence-corrected chi connectivity index (χ4v) is 5.88. The number of piperazine rings is 1. The van der Waals surface area contributed by atoms with Crippen molar-refractivity contribution in [1.82, 2.24) is 14.8 Å². The SMILES string of the molecule is CCCc1ccc2c(N)c(C(=O)N3CCN(C(c4ccccc4)c4ccccc4)CC3)sc2n1. The molecule has 4 aromatic rings. The van der Waals surface area contributed by atoms with Crippen LogP contribution in [0.1, 0.15) is 45.9 Å². The third kappa shape index (κ3) is 4.43. The summed E-state index contributed by atoms with van der Waals surface area (Å²) in [6.45, 7) is 5.12. The van der Waals surface area contributed by atoms with E-state index in [0.29, 0.717) is 23.7 Å². The predicted molar refractivity (Wildman–Crippen MR) is 140 cm³/mol. The van der Waals surface area contributed by atoms with Crippen LogP contribution in [0, 0.1) is 0 Å². The van der Waals surface area contributed by atoms with E-state index in [0.717, 1.165) is 41.8 Å². The number of anilines is 1. The number of hydrogen-bond donors (Lipinski definition) is 1. The molecule has 2 aromatic heterocycles. The molecule has 0 atom stereocenters. The molecule has 34 heavy (non-hydrogen) atoms. The second kappa shape index (κ2) is 9.95. The minimum Gasteiger partial charge on any atom is -0.397 e. The van der Waals surface area contributed by atoms with E-state index < -0.39 is 0 Å². The number of fused-ring (bicyclic) bond motifs is 1. The number of carbonyl (C=O) groups is 1. The van der Waals surface area contributed by atoms with E-state index in [-0.39, 0.29) is 11.9 Å². The largest absolute Gasteiger partial charge is 0.397 e. The summed E-state index contributed by atoms with van der Waals surface area (Å²) in [5, 5.41) is 0.889. The van der Waals surface area contributed by atoms with Crippen molar-refractivity contribution in [3.8, 4) is 0 Å². The zero-order chi connectivity index (χ0) is 23.5. The summed E-state index contributed by atoms with van der Waals surface area (Å²) >= 11 is 1.43. The number of amides is 1. The van der Waals surface area contributed by atoms with Crippen molar-refractivity contribution in [3.63, 3.8) is 0 Å². The minimum atomic E-state index is 0.0214. The van der Waals surface area contributed by atoms with Gasteiger partial charge in [-0.05, 0) is 29.7 Å². The zero-order valence-electron chi connectivity index (χ0n) is 19.5. The van der Waals surface area contributed by atoms with Crippen molar-refractivity contribution < 1.29 is 4.79 Å². The number of thiophene rings is 1. The predicted octanol–water partition coefficient (Wildman–Crippen LogP) is 5.38. The Kier molecular flexibility index (Phi) is 6.61. The van der Waals surface area contributed by atoms with Crippen molar-refractivity contribution in [2.24, 2.45) is 0 Å². The molecule has 5 rings (SSSR count). The smallest absolute Gasteiger partial charge is 0.266 e. The maximum absolute atomic E-state index is 13.4. The van der Waals surface area contributed by atoms with Crippen molar-refractivity contribution in [1.29, 1.82) is 0 Å². The molecular weight excluding hydrogens is 440 g/mol. The molecule has 1 fully saturated rings. The molecule has 3 heterocycles. The van der Waals surface area contributed by atoms with Gasteiger partial charge in [0, 0.05) is 37.3 Å². The average molecular weight is 471 g/mol. The molecule has 1 saturated heterocycles. The number of benzene rings is 2. The fourth-order valence-electron chi connectivity index (χ4n) is 4.80. The van der Waals surface area contributed by atoms with Gasteiger partial charge in [-0.3, -0.25) is 9.69 Å². The molecule has 5 nitrogen and oxygen atoms in total. The molecule has 0 aliphatic carbocycles. The second-order valence-electron chi connectivity index (χ2n) is 8.80. The van der Waals surface area contributed by atoms with E-state index >= 15 is 0 Å². The molecule has 6 heteroatoms. The lowest BCUT2D eigenvalue weighted by molar-refractivity contribution is 0.0603. The van der Waals surface area contributed by atoms with Crippen molar-refractivity contribution >= 4 is 33.1 Å². The van der Waals surface area contributed by atoms with Gasteiger partial charge in [-0.2, -0.15) is 0 Å². The number of aryl methyl sites for hydroxylation is 1. The molecule has 0 unspecified atom stereocenters. The van der Waals surface area contributed by atoms with E-state index in [2.05, 4.69) is 72.5 Å². The molecule has 0 bridgehead atoms. The van der Waals surface area contributed by atoms with Gasteiger partial charge in [-0.15, -0.1) is 11.3 Å². The number of pyridine rings is 1. The highest BCUT2D eigenvalue weighted by molar-refractivity contribution is 7.21.